The van der Waals surface area contributed by atoms with Gasteiger partial charge in [-0.25, -0.2) is 4.79 Å². The van der Waals surface area contributed by atoms with Gasteiger partial charge in [0.25, 0.3) is 0 Å². The molecule has 0 saturated heterocycles. The number of esters is 1. The number of rotatable bonds is 1. The van der Waals surface area contributed by atoms with Crippen LogP contribution in [0.25, 0.3) is 11.0 Å². The molecule has 1 aromatic heterocycles. The highest BCUT2D eigenvalue weighted by Crippen LogP contribution is 2.28. The summed E-state index contributed by atoms with van der Waals surface area (Å²) in [6, 6.07) is 3.82. The van der Waals surface area contributed by atoms with Crippen molar-refractivity contribution in [2.24, 2.45) is 0 Å². The SMILES string of the molecule is COC(=O)c1c(C)cc2oc(C)cc2c1C. The number of methoxy groups -OCH3 is 1. The lowest BCUT2D eigenvalue weighted by molar-refractivity contribution is 0.0599. The molecule has 2 rings (SSSR count). The van der Waals surface area contributed by atoms with E-state index >= 15 is 0 Å². The molecule has 16 heavy (non-hydrogen) atoms. The van der Waals surface area contributed by atoms with Gasteiger partial charge in [-0.3, -0.25) is 0 Å². The predicted molar refractivity (Wildman–Crippen MR) is 61.8 cm³/mol. The number of furan rings is 1. The standard InChI is InChI=1S/C13H14O3/c1-7-5-11-10(6-8(2)16-11)9(3)12(7)13(14)15-4/h5-6H,1-4H3. The van der Waals surface area contributed by atoms with Crippen molar-refractivity contribution in [1.29, 1.82) is 0 Å². The van der Waals surface area contributed by atoms with E-state index < -0.39 is 0 Å². The molecule has 0 saturated carbocycles. The summed E-state index contributed by atoms with van der Waals surface area (Å²) in [5.41, 5.74) is 3.25. The fourth-order valence-electron chi connectivity index (χ4n) is 2.05. The molecule has 0 amide bonds. The van der Waals surface area contributed by atoms with Gasteiger partial charge in [0.1, 0.15) is 11.3 Å². The van der Waals surface area contributed by atoms with Crippen LogP contribution in [0.5, 0.6) is 0 Å². The van der Waals surface area contributed by atoms with E-state index in [1.54, 1.807) is 0 Å². The second kappa shape index (κ2) is 3.67. The van der Waals surface area contributed by atoms with Crippen molar-refractivity contribution in [2.45, 2.75) is 20.8 Å². The first-order chi connectivity index (χ1) is 7.54. The molecule has 1 heterocycles. The topological polar surface area (TPSA) is 39.4 Å². The van der Waals surface area contributed by atoms with E-state index in [4.69, 9.17) is 9.15 Å². The molecule has 2 aromatic rings. The summed E-state index contributed by atoms with van der Waals surface area (Å²) in [4.78, 5) is 11.7. The highest BCUT2D eigenvalue weighted by Gasteiger charge is 2.17. The van der Waals surface area contributed by atoms with Crippen LogP contribution in [0.1, 0.15) is 27.2 Å². The third-order valence-electron chi connectivity index (χ3n) is 2.79. The number of ether oxygens (including phenoxy) is 1. The van der Waals surface area contributed by atoms with Crippen LogP contribution in [0.3, 0.4) is 0 Å². The number of hydrogen-bond donors (Lipinski definition) is 0. The Morgan fingerprint density at radius 1 is 1.25 bits per heavy atom. The van der Waals surface area contributed by atoms with Crippen LogP contribution in [0.15, 0.2) is 16.5 Å². The smallest absolute Gasteiger partial charge is 0.338 e. The van der Waals surface area contributed by atoms with Crippen LogP contribution in [0, 0.1) is 20.8 Å². The Hall–Kier alpha value is -1.77. The monoisotopic (exact) mass is 218 g/mol. The van der Waals surface area contributed by atoms with Gasteiger partial charge in [0, 0.05) is 5.39 Å². The van der Waals surface area contributed by atoms with Crippen LogP contribution in [0.4, 0.5) is 0 Å². The molecular formula is C13H14O3. The number of hydrogen-bond acceptors (Lipinski definition) is 3. The molecule has 0 aliphatic heterocycles. The normalized spacial score (nSPS) is 10.8. The summed E-state index contributed by atoms with van der Waals surface area (Å²) in [5, 5.41) is 0.975. The Bertz CT molecular complexity index is 564. The first kappa shape index (κ1) is 10.7. The van der Waals surface area contributed by atoms with Gasteiger partial charge < -0.3 is 9.15 Å². The van der Waals surface area contributed by atoms with E-state index in [0.29, 0.717) is 5.56 Å². The van der Waals surface area contributed by atoms with Crippen molar-refractivity contribution in [3.63, 3.8) is 0 Å². The average molecular weight is 218 g/mol. The summed E-state index contributed by atoms with van der Waals surface area (Å²) in [5.74, 6) is 0.551. The number of carbonyl (C=O) groups excluding carboxylic acids is 1. The molecule has 84 valence electrons. The Labute approximate surface area is 94.0 Å². The molecule has 0 spiro atoms. The highest BCUT2D eigenvalue weighted by molar-refractivity contribution is 5.99. The fourth-order valence-corrected chi connectivity index (χ4v) is 2.05. The van der Waals surface area contributed by atoms with Crippen molar-refractivity contribution in [3.8, 4) is 0 Å². The number of aryl methyl sites for hydroxylation is 3. The molecule has 0 N–H and O–H groups in total. The lowest BCUT2D eigenvalue weighted by atomic mass is 9.99. The minimum atomic E-state index is -0.296. The van der Waals surface area contributed by atoms with Gasteiger partial charge in [-0.2, -0.15) is 0 Å². The average Bonchev–Trinajstić information content (AvgIpc) is 2.58. The molecule has 3 nitrogen and oxygen atoms in total. The Kier molecular flexibility index (Phi) is 2.46. The molecule has 0 radical (unpaired) electrons. The quantitative estimate of drug-likeness (QED) is 0.690. The zero-order valence-corrected chi connectivity index (χ0v) is 9.88. The van der Waals surface area contributed by atoms with Crippen LogP contribution in [-0.4, -0.2) is 13.1 Å². The van der Waals surface area contributed by atoms with E-state index in [-0.39, 0.29) is 5.97 Å². The number of fused-ring (bicyclic) bond motifs is 1. The molecular weight excluding hydrogens is 204 g/mol. The Morgan fingerprint density at radius 3 is 2.56 bits per heavy atom. The second-order valence-electron chi connectivity index (χ2n) is 3.95. The molecule has 3 heteroatoms. The first-order valence-corrected chi connectivity index (χ1v) is 5.13. The van der Waals surface area contributed by atoms with E-state index in [1.165, 1.54) is 7.11 Å². The zero-order chi connectivity index (χ0) is 11.9. The van der Waals surface area contributed by atoms with E-state index in [0.717, 1.165) is 27.9 Å². The van der Waals surface area contributed by atoms with E-state index in [9.17, 15) is 4.79 Å². The van der Waals surface area contributed by atoms with Gasteiger partial charge in [-0.05, 0) is 44.0 Å². The van der Waals surface area contributed by atoms with E-state index in [1.807, 2.05) is 32.9 Å². The Morgan fingerprint density at radius 2 is 1.94 bits per heavy atom. The molecule has 1 aromatic carbocycles. The van der Waals surface area contributed by atoms with Crippen LogP contribution in [0.2, 0.25) is 0 Å². The maximum absolute atomic E-state index is 11.7. The van der Waals surface area contributed by atoms with Crippen molar-refractivity contribution in [2.75, 3.05) is 7.11 Å². The maximum Gasteiger partial charge on any atom is 0.338 e. The second-order valence-corrected chi connectivity index (χ2v) is 3.95. The molecule has 0 bridgehead atoms. The molecule has 0 aliphatic carbocycles. The van der Waals surface area contributed by atoms with Gasteiger partial charge in [-0.15, -0.1) is 0 Å². The zero-order valence-electron chi connectivity index (χ0n) is 9.88. The van der Waals surface area contributed by atoms with Gasteiger partial charge in [-0.1, -0.05) is 0 Å². The van der Waals surface area contributed by atoms with Gasteiger partial charge in [0.15, 0.2) is 0 Å². The first-order valence-electron chi connectivity index (χ1n) is 5.13. The Balaban J connectivity index is 2.79. The number of carbonyl (C=O) groups is 1. The number of benzene rings is 1. The lowest BCUT2D eigenvalue weighted by Gasteiger charge is -2.07. The third kappa shape index (κ3) is 1.48. The predicted octanol–water partition coefficient (Wildman–Crippen LogP) is 3.14. The summed E-state index contributed by atoms with van der Waals surface area (Å²) in [6.45, 7) is 5.69. The summed E-state index contributed by atoms with van der Waals surface area (Å²) in [7, 11) is 1.39. The van der Waals surface area contributed by atoms with Crippen molar-refractivity contribution < 1.29 is 13.9 Å². The summed E-state index contributed by atoms with van der Waals surface area (Å²) in [6.07, 6.45) is 0. The van der Waals surface area contributed by atoms with Crippen LogP contribution >= 0.6 is 0 Å². The molecule has 0 fully saturated rings. The largest absolute Gasteiger partial charge is 0.465 e. The fraction of sp³-hybridized carbons (Fsp3) is 0.308. The molecule has 0 aliphatic rings. The van der Waals surface area contributed by atoms with Gasteiger partial charge in [0.05, 0.1) is 12.7 Å². The highest BCUT2D eigenvalue weighted by atomic mass is 16.5. The lowest BCUT2D eigenvalue weighted by Crippen LogP contribution is -2.06. The summed E-state index contributed by atoms with van der Waals surface area (Å²) < 4.78 is 10.3. The molecule has 0 atom stereocenters. The maximum atomic E-state index is 11.7. The van der Waals surface area contributed by atoms with Crippen molar-refractivity contribution >= 4 is 16.9 Å². The minimum Gasteiger partial charge on any atom is -0.465 e. The van der Waals surface area contributed by atoms with Crippen molar-refractivity contribution in [3.05, 3.63) is 34.6 Å². The van der Waals surface area contributed by atoms with Crippen LogP contribution in [-0.2, 0) is 4.74 Å². The summed E-state index contributed by atoms with van der Waals surface area (Å²) >= 11 is 0. The molecule has 0 unspecified atom stereocenters. The van der Waals surface area contributed by atoms with Gasteiger partial charge >= 0.3 is 5.97 Å². The van der Waals surface area contributed by atoms with Gasteiger partial charge in [0.2, 0.25) is 0 Å². The third-order valence-corrected chi connectivity index (χ3v) is 2.79. The van der Waals surface area contributed by atoms with Crippen molar-refractivity contribution in [1.82, 2.24) is 0 Å². The van der Waals surface area contributed by atoms with Crippen LogP contribution < -0.4 is 0 Å². The minimum absolute atomic E-state index is 0.296. The van der Waals surface area contributed by atoms with E-state index in [2.05, 4.69) is 0 Å².